The van der Waals surface area contributed by atoms with Crippen molar-refractivity contribution in [3.05, 3.63) is 47.4 Å². The summed E-state index contributed by atoms with van der Waals surface area (Å²) in [5.41, 5.74) is 2.05. The minimum atomic E-state index is -0.128. The predicted molar refractivity (Wildman–Crippen MR) is 75.8 cm³/mol. The summed E-state index contributed by atoms with van der Waals surface area (Å²) in [4.78, 5) is 9.03. The van der Waals surface area contributed by atoms with Gasteiger partial charge in [0.15, 0.2) is 11.9 Å². The van der Waals surface area contributed by atoms with Gasteiger partial charge in [-0.15, -0.1) is 0 Å². The van der Waals surface area contributed by atoms with Gasteiger partial charge in [-0.1, -0.05) is 18.2 Å². The molecule has 5 heteroatoms. The fraction of sp³-hybridized carbons (Fsp3) is 0.333. The zero-order chi connectivity index (χ0) is 13.9. The molecule has 0 bridgehead atoms. The Morgan fingerprint density at radius 3 is 2.95 bits per heavy atom. The van der Waals surface area contributed by atoms with E-state index in [9.17, 15) is 0 Å². The second-order valence-corrected chi connectivity index (χ2v) is 4.70. The number of ether oxygens (including phenoxy) is 2. The molecule has 1 N–H and O–H groups in total. The van der Waals surface area contributed by atoms with E-state index in [0.717, 1.165) is 23.7 Å². The number of methoxy groups -OCH3 is 1. The minimum Gasteiger partial charge on any atom is -0.482 e. The Balaban J connectivity index is 1.89. The zero-order valence-electron chi connectivity index (χ0n) is 11.6. The zero-order valence-corrected chi connectivity index (χ0v) is 11.6. The molecule has 0 radical (unpaired) electrons. The number of nitrogens with zero attached hydrogens (tertiary/aromatic N) is 2. The number of benzene rings is 1. The van der Waals surface area contributed by atoms with Gasteiger partial charge in [0, 0.05) is 26.6 Å². The molecule has 1 aromatic heterocycles. The van der Waals surface area contributed by atoms with Crippen molar-refractivity contribution < 1.29 is 9.47 Å². The number of rotatable bonds is 4. The molecule has 0 aliphatic carbocycles. The highest BCUT2D eigenvalue weighted by Crippen LogP contribution is 2.35. The molecule has 0 saturated heterocycles. The Hall–Kier alpha value is -2.14. The van der Waals surface area contributed by atoms with Crippen LogP contribution in [0.3, 0.4) is 0 Å². The molecular formula is C15H17N3O2. The largest absolute Gasteiger partial charge is 0.482 e. The van der Waals surface area contributed by atoms with Crippen LogP contribution in [-0.4, -0.2) is 24.1 Å². The molecule has 2 heterocycles. The van der Waals surface area contributed by atoms with E-state index in [4.69, 9.17) is 9.47 Å². The van der Waals surface area contributed by atoms with Crippen LogP contribution in [0.2, 0.25) is 0 Å². The lowest BCUT2D eigenvalue weighted by Crippen LogP contribution is -2.12. The normalized spacial score (nSPS) is 16.6. The average molecular weight is 271 g/mol. The van der Waals surface area contributed by atoms with E-state index in [1.807, 2.05) is 31.3 Å². The third-order valence-electron chi connectivity index (χ3n) is 3.28. The summed E-state index contributed by atoms with van der Waals surface area (Å²) in [6.07, 6.45) is 0.673. The monoisotopic (exact) mass is 271 g/mol. The van der Waals surface area contributed by atoms with Crippen LogP contribution >= 0.6 is 0 Å². The van der Waals surface area contributed by atoms with E-state index in [0.29, 0.717) is 12.4 Å². The third-order valence-corrected chi connectivity index (χ3v) is 3.28. The fourth-order valence-corrected chi connectivity index (χ4v) is 2.34. The van der Waals surface area contributed by atoms with Gasteiger partial charge in [-0.05, 0) is 11.6 Å². The lowest BCUT2D eigenvalue weighted by atomic mass is 10.1. The van der Waals surface area contributed by atoms with Gasteiger partial charge in [0.25, 0.3) is 0 Å². The van der Waals surface area contributed by atoms with Crippen molar-refractivity contribution in [1.82, 2.24) is 9.97 Å². The fourth-order valence-electron chi connectivity index (χ4n) is 2.34. The van der Waals surface area contributed by atoms with Crippen molar-refractivity contribution in [3.8, 4) is 5.75 Å². The van der Waals surface area contributed by atoms with Crippen molar-refractivity contribution in [2.45, 2.75) is 19.1 Å². The summed E-state index contributed by atoms with van der Waals surface area (Å²) in [5.74, 6) is 2.39. The Morgan fingerprint density at radius 1 is 1.35 bits per heavy atom. The molecule has 0 spiro atoms. The molecule has 0 fully saturated rings. The van der Waals surface area contributed by atoms with Crippen molar-refractivity contribution in [3.63, 3.8) is 0 Å². The Kier molecular flexibility index (Phi) is 3.52. The number of aromatic nitrogens is 2. The molecule has 20 heavy (non-hydrogen) atoms. The standard InChI is InChI=1S/C15H17N3O2/c1-16-14-8-11(9-19-2)17-15(18-14)13-7-10-5-3-4-6-12(10)20-13/h3-6,8,13H,7,9H2,1-2H3,(H,16,17,18). The van der Waals surface area contributed by atoms with Gasteiger partial charge >= 0.3 is 0 Å². The maximum Gasteiger partial charge on any atom is 0.172 e. The van der Waals surface area contributed by atoms with Gasteiger partial charge in [0.1, 0.15) is 11.6 Å². The number of anilines is 1. The van der Waals surface area contributed by atoms with E-state index in [1.54, 1.807) is 7.11 Å². The third kappa shape index (κ3) is 2.44. The van der Waals surface area contributed by atoms with Crippen LogP contribution < -0.4 is 10.1 Å². The Bertz CT molecular complexity index is 591. The van der Waals surface area contributed by atoms with Crippen LogP contribution in [0, 0.1) is 0 Å². The smallest absolute Gasteiger partial charge is 0.172 e. The van der Waals surface area contributed by atoms with E-state index in [1.165, 1.54) is 5.56 Å². The number of fused-ring (bicyclic) bond motifs is 1. The molecular weight excluding hydrogens is 254 g/mol. The predicted octanol–water partition coefficient (Wildman–Crippen LogP) is 2.34. The van der Waals surface area contributed by atoms with Crippen molar-refractivity contribution in [2.75, 3.05) is 19.5 Å². The van der Waals surface area contributed by atoms with Crippen LogP contribution in [0.25, 0.3) is 0 Å². The average Bonchev–Trinajstić information content (AvgIpc) is 2.91. The number of nitrogens with one attached hydrogen (secondary N) is 1. The summed E-state index contributed by atoms with van der Waals surface area (Å²) < 4.78 is 11.1. The SMILES string of the molecule is CNc1cc(COC)nc(C2Cc3ccccc3O2)n1. The van der Waals surface area contributed by atoms with Crippen LogP contribution in [0.1, 0.15) is 23.2 Å². The van der Waals surface area contributed by atoms with Crippen LogP contribution in [0.15, 0.2) is 30.3 Å². The molecule has 1 aromatic carbocycles. The maximum absolute atomic E-state index is 5.93. The summed E-state index contributed by atoms with van der Waals surface area (Å²) in [7, 11) is 3.50. The Labute approximate surface area is 118 Å². The van der Waals surface area contributed by atoms with E-state index in [2.05, 4.69) is 21.4 Å². The van der Waals surface area contributed by atoms with Gasteiger partial charge in [-0.25, -0.2) is 9.97 Å². The van der Waals surface area contributed by atoms with Gasteiger partial charge in [0.2, 0.25) is 0 Å². The number of hydrogen-bond donors (Lipinski definition) is 1. The minimum absolute atomic E-state index is 0.128. The first-order valence-electron chi connectivity index (χ1n) is 6.59. The summed E-state index contributed by atoms with van der Waals surface area (Å²) >= 11 is 0. The Morgan fingerprint density at radius 2 is 2.20 bits per heavy atom. The van der Waals surface area contributed by atoms with Crippen molar-refractivity contribution in [1.29, 1.82) is 0 Å². The van der Waals surface area contributed by atoms with Crippen LogP contribution in [0.4, 0.5) is 5.82 Å². The molecule has 1 aliphatic heterocycles. The molecule has 2 aromatic rings. The molecule has 104 valence electrons. The van der Waals surface area contributed by atoms with E-state index >= 15 is 0 Å². The lowest BCUT2D eigenvalue weighted by molar-refractivity contribution is 0.179. The first kappa shape index (κ1) is 12.9. The highest BCUT2D eigenvalue weighted by atomic mass is 16.5. The van der Waals surface area contributed by atoms with E-state index in [-0.39, 0.29) is 6.10 Å². The molecule has 1 unspecified atom stereocenters. The van der Waals surface area contributed by atoms with Crippen molar-refractivity contribution in [2.24, 2.45) is 0 Å². The van der Waals surface area contributed by atoms with Crippen LogP contribution in [0.5, 0.6) is 5.75 Å². The summed E-state index contributed by atoms with van der Waals surface area (Å²) in [6.45, 7) is 0.462. The van der Waals surface area contributed by atoms with Gasteiger partial charge in [-0.2, -0.15) is 0 Å². The second kappa shape index (κ2) is 5.46. The number of hydrogen-bond acceptors (Lipinski definition) is 5. The molecule has 0 saturated carbocycles. The second-order valence-electron chi connectivity index (χ2n) is 4.70. The molecule has 0 amide bonds. The lowest BCUT2D eigenvalue weighted by Gasteiger charge is -2.12. The highest BCUT2D eigenvalue weighted by Gasteiger charge is 2.26. The quantitative estimate of drug-likeness (QED) is 0.925. The topological polar surface area (TPSA) is 56.3 Å². The van der Waals surface area contributed by atoms with Crippen LogP contribution in [-0.2, 0) is 17.8 Å². The highest BCUT2D eigenvalue weighted by molar-refractivity contribution is 5.40. The number of para-hydroxylation sites is 1. The van der Waals surface area contributed by atoms with E-state index < -0.39 is 0 Å². The summed E-state index contributed by atoms with van der Waals surface area (Å²) in [6, 6.07) is 9.93. The molecule has 1 atom stereocenters. The van der Waals surface area contributed by atoms with Gasteiger partial charge in [0.05, 0.1) is 12.3 Å². The van der Waals surface area contributed by atoms with Gasteiger partial charge in [-0.3, -0.25) is 0 Å². The van der Waals surface area contributed by atoms with Gasteiger partial charge < -0.3 is 14.8 Å². The molecule has 5 nitrogen and oxygen atoms in total. The first-order valence-corrected chi connectivity index (χ1v) is 6.59. The molecule has 1 aliphatic rings. The molecule has 3 rings (SSSR count). The maximum atomic E-state index is 5.93. The first-order chi connectivity index (χ1) is 9.80. The summed E-state index contributed by atoms with van der Waals surface area (Å²) in [5, 5.41) is 3.05. The van der Waals surface area contributed by atoms with Crippen molar-refractivity contribution >= 4 is 5.82 Å².